The molecular formula is C17H18F3N3O6. The van der Waals surface area contributed by atoms with Crippen molar-refractivity contribution in [1.29, 1.82) is 0 Å². The van der Waals surface area contributed by atoms with E-state index < -0.39 is 48.4 Å². The number of hydrogen-bond acceptors (Lipinski definition) is 6. The Balaban J connectivity index is 2.08. The second-order valence-electron chi connectivity index (χ2n) is 6.24. The Morgan fingerprint density at radius 3 is 2.66 bits per heavy atom. The number of aliphatic carboxylic acids is 1. The Labute approximate surface area is 162 Å². The normalized spacial score (nSPS) is 14.8. The van der Waals surface area contributed by atoms with Crippen LogP contribution in [0, 0.1) is 6.92 Å². The summed E-state index contributed by atoms with van der Waals surface area (Å²) in [5.41, 5.74) is 0.253. The van der Waals surface area contributed by atoms with Crippen molar-refractivity contribution in [3.8, 4) is 5.88 Å². The number of nitrogens with one attached hydrogen (secondary N) is 1. The lowest BCUT2D eigenvalue weighted by atomic mass is 10.0. The number of nitrogens with zero attached hydrogens (tertiary/aromatic N) is 2. The molecule has 29 heavy (non-hydrogen) atoms. The molecular weight excluding hydrogens is 399 g/mol. The monoisotopic (exact) mass is 417 g/mol. The van der Waals surface area contributed by atoms with Crippen LogP contribution in [0.25, 0.3) is 0 Å². The van der Waals surface area contributed by atoms with Crippen LogP contribution in [0.15, 0.2) is 23.6 Å². The fourth-order valence-corrected chi connectivity index (χ4v) is 2.60. The molecule has 2 amide bonds. The van der Waals surface area contributed by atoms with Gasteiger partial charge < -0.3 is 25.2 Å². The molecule has 2 rings (SSSR count). The SMILES string of the molecule is Cc1cc(CN2CCC(O)=C(C(=O)NCC(=O)O)C2=O)cnc1OCC(F)(F)F. The number of halogens is 3. The van der Waals surface area contributed by atoms with Gasteiger partial charge in [0.1, 0.15) is 17.9 Å². The molecule has 0 bridgehead atoms. The summed E-state index contributed by atoms with van der Waals surface area (Å²) in [6, 6.07) is 1.49. The molecule has 3 N–H and O–H groups in total. The minimum atomic E-state index is -4.50. The Morgan fingerprint density at radius 1 is 1.38 bits per heavy atom. The first-order valence-corrected chi connectivity index (χ1v) is 8.34. The Hall–Kier alpha value is -3.31. The van der Waals surface area contributed by atoms with Crippen molar-refractivity contribution in [3.63, 3.8) is 0 Å². The first-order valence-electron chi connectivity index (χ1n) is 8.34. The van der Waals surface area contributed by atoms with E-state index in [-0.39, 0.29) is 25.4 Å². The van der Waals surface area contributed by atoms with Gasteiger partial charge in [0.25, 0.3) is 11.8 Å². The topological polar surface area (TPSA) is 129 Å². The zero-order valence-corrected chi connectivity index (χ0v) is 15.2. The van der Waals surface area contributed by atoms with E-state index in [0.717, 1.165) is 0 Å². The van der Waals surface area contributed by atoms with Crippen molar-refractivity contribution in [2.45, 2.75) is 26.1 Å². The number of carboxylic acid groups (broad SMARTS) is 1. The van der Waals surface area contributed by atoms with Gasteiger partial charge in [-0.15, -0.1) is 0 Å². The van der Waals surface area contributed by atoms with Gasteiger partial charge in [-0.1, -0.05) is 0 Å². The van der Waals surface area contributed by atoms with Crippen LogP contribution in [0.5, 0.6) is 5.88 Å². The summed E-state index contributed by atoms with van der Waals surface area (Å²) in [5, 5.41) is 20.5. The molecule has 0 saturated heterocycles. The van der Waals surface area contributed by atoms with Gasteiger partial charge in [0.15, 0.2) is 6.61 Å². The number of carboxylic acids is 1. The number of amides is 2. The molecule has 1 aromatic rings. The number of pyridine rings is 1. The average molecular weight is 417 g/mol. The summed E-state index contributed by atoms with van der Waals surface area (Å²) in [7, 11) is 0. The van der Waals surface area contributed by atoms with E-state index in [0.29, 0.717) is 11.1 Å². The van der Waals surface area contributed by atoms with Crippen molar-refractivity contribution in [3.05, 3.63) is 34.7 Å². The summed E-state index contributed by atoms with van der Waals surface area (Å²) < 4.78 is 41.4. The maximum Gasteiger partial charge on any atom is 0.422 e. The number of aryl methyl sites for hydroxylation is 1. The number of hydrogen-bond donors (Lipinski definition) is 3. The highest BCUT2D eigenvalue weighted by molar-refractivity contribution is 6.19. The standard InChI is InChI=1S/C17H18F3N3O6/c1-9-4-10(5-22-15(9)29-8-17(18,19)20)7-23-3-2-11(24)13(16(23)28)14(27)21-6-12(25)26/h4-5,24H,2-3,6-8H2,1H3,(H,21,27)(H,25,26). The summed E-state index contributed by atoms with van der Waals surface area (Å²) in [6.07, 6.45) is -3.27. The number of alkyl halides is 3. The van der Waals surface area contributed by atoms with Gasteiger partial charge in [0, 0.05) is 31.3 Å². The number of aliphatic hydroxyl groups is 1. The molecule has 0 saturated carbocycles. The molecule has 0 atom stereocenters. The third-order valence-electron chi connectivity index (χ3n) is 3.87. The lowest BCUT2D eigenvalue weighted by Crippen LogP contribution is -2.43. The number of aromatic nitrogens is 1. The minimum Gasteiger partial charge on any atom is -0.511 e. The molecule has 2 heterocycles. The predicted octanol–water partition coefficient (Wildman–Crippen LogP) is 1.08. The molecule has 12 heteroatoms. The average Bonchev–Trinajstić information content (AvgIpc) is 2.61. The van der Waals surface area contributed by atoms with Crippen LogP contribution in [0.1, 0.15) is 17.5 Å². The quantitative estimate of drug-likeness (QED) is 0.566. The first kappa shape index (κ1) is 22.0. The zero-order chi connectivity index (χ0) is 21.8. The van der Waals surface area contributed by atoms with Crippen LogP contribution in [0.4, 0.5) is 13.2 Å². The third-order valence-corrected chi connectivity index (χ3v) is 3.87. The van der Waals surface area contributed by atoms with Gasteiger partial charge in [-0.25, -0.2) is 4.98 Å². The second kappa shape index (κ2) is 8.80. The van der Waals surface area contributed by atoms with Crippen molar-refractivity contribution < 1.29 is 42.5 Å². The van der Waals surface area contributed by atoms with E-state index >= 15 is 0 Å². The molecule has 9 nitrogen and oxygen atoms in total. The van der Waals surface area contributed by atoms with Gasteiger partial charge in [-0.3, -0.25) is 14.4 Å². The van der Waals surface area contributed by atoms with E-state index in [1.807, 2.05) is 5.32 Å². The smallest absolute Gasteiger partial charge is 0.422 e. The summed E-state index contributed by atoms with van der Waals surface area (Å²) in [6.45, 7) is -0.632. The van der Waals surface area contributed by atoms with E-state index in [2.05, 4.69) is 9.72 Å². The molecule has 1 aliphatic heterocycles. The molecule has 0 unspecified atom stereocenters. The molecule has 0 spiro atoms. The van der Waals surface area contributed by atoms with Crippen LogP contribution >= 0.6 is 0 Å². The van der Waals surface area contributed by atoms with Gasteiger partial charge in [0.05, 0.1) is 0 Å². The highest BCUT2D eigenvalue weighted by Crippen LogP contribution is 2.23. The number of ether oxygens (including phenoxy) is 1. The Bertz CT molecular complexity index is 853. The fourth-order valence-electron chi connectivity index (χ4n) is 2.60. The van der Waals surface area contributed by atoms with Gasteiger partial charge in [-0.05, 0) is 18.6 Å². The molecule has 0 aromatic carbocycles. The summed E-state index contributed by atoms with van der Waals surface area (Å²) >= 11 is 0. The number of carbonyl (C=O) groups excluding carboxylic acids is 2. The van der Waals surface area contributed by atoms with Crippen molar-refractivity contribution in [1.82, 2.24) is 15.2 Å². The Kier molecular flexibility index (Phi) is 6.67. The van der Waals surface area contributed by atoms with E-state index in [1.54, 1.807) is 0 Å². The molecule has 0 radical (unpaired) electrons. The fraction of sp³-hybridized carbons (Fsp3) is 0.412. The zero-order valence-electron chi connectivity index (χ0n) is 15.2. The number of carbonyl (C=O) groups is 3. The van der Waals surface area contributed by atoms with Crippen LogP contribution in [-0.4, -0.2) is 63.8 Å². The number of aliphatic hydroxyl groups excluding tert-OH is 1. The van der Waals surface area contributed by atoms with Crippen LogP contribution < -0.4 is 10.1 Å². The Morgan fingerprint density at radius 2 is 2.07 bits per heavy atom. The highest BCUT2D eigenvalue weighted by Gasteiger charge is 2.32. The van der Waals surface area contributed by atoms with Crippen LogP contribution in [0.2, 0.25) is 0 Å². The highest BCUT2D eigenvalue weighted by atomic mass is 19.4. The molecule has 0 fully saturated rings. The number of rotatable bonds is 7. The van der Waals surface area contributed by atoms with Crippen molar-refractivity contribution in [2.75, 3.05) is 19.7 Å². The van der Waals surface area contributed by atoms with Crippen LogP contribution in [-0.2, 0) is 20.9 Å². The van der Waals surface area contributed by atoms with Crippen molar-refractivity contribution >= 4 is 17.8 Å². The first-order chi connectivity index (χ1) is 13.5. The molecule has 158 valence electrons. The third kappa shape index (κ3) is 6.09. The molecule has 0 aliphatic carbocycles. The summed E-state index contributed by atoms with van der Waals surface area (Å²) in [4.78, 5) is 40.1. The molecule has 1 aliphatic rings. The minimum absolute atomic E-state index is 0.0131. The van der Waals surface area contributed by atoms with Gasteiger partial charge in [-0.2, -0.15) is 13.2 Å². The maximum absolute atomic E-state index is 12.5. The molecule has 1 aromatic heterocycles. The van der Waals surface area contributed by atoms with E-state index in [4.69, 9.17) is 5.11 Å². The van der Waals surface area contributed by atoms with E-state index in [1.165, 1.54) is 24.1 Å². The lowest BCUT2D eigenvalue weighted by molar-refractivity contribution is -0.154. The van der Waals surface area contributed by atoms with E-state index in [9.17, 15) is 32.7 Å². The lowest BCUT2D eigenvalue weighted by Gasteiger charge is -2.28. The van der Waals surface area contributed by atoms with Gasteiger partial charge in [0.2, 0.25) is 5.88 Å². The van der Waals surface area contributed by atoms with Crippen LogP contribution in [0.3, 0.4) is 0 Å². The maximum atomic E-state index is 12.5. The predicted molar refractivity (Wildman–Crippen MR) is 90.9 cm³/mol. The second-order valence-corrected chi connectivity index (χ2v) is 6.24. The van der Waals surface area contributed by atoms with Gasteiger partial charge >= 0.3 is 12.1 Å². The summed E-state index contributed by atoms with van der Waals surface area (Å²) in [5.74, 6) is -3.76. The van der Waals surface area contributed by atoms with Crippen molar-refractivity contribution in [2.24, 2.45) is 0 Å². The largest absolute Gasteiger partial charge is 0.511 e.